The Labute approximate surface area is 126 Å². The molecule has 1 fully saturated rings. The first kappa shape index (κ1) is 14.5. The molecule has 0 unspecified atom stereocenters. The fraction of sp³-hybridized carbons (Fsp3) is 0.412. The van der Waals surface area contributed by atoms with E-state index in [-0.39, 0.29) is 6.04 Å². The first-order valence-electron chi connectivity index (χ1n) is 7.58. The predicted molar refractivity (Wildman–Crippen MR) is 85.9 cm³/mol. The lowest BCUT2D eigenvalue weighted by atomic mass is 9.96. The molecule has 0 amide bonds. The molecule has 0 atom stereocenters. The van der Waals surface area contributed by atoms with Gasteiger partial charge in [0.05, 0.1) is 4.90 Å². The number of rotatable bonds is 3. The third kappa shape index (κ3) is 2.97. The maximum Gasteiger partial charge on any atom is 0.241 e. The molecule has 1 aliphatic rings. The molecule has 21 heavy (non-hydrogen) atoms. The van der Waals surface area contributed by atoms with E-state index in [1.165, 1.54) is 6.42 Å². The summed E-state index contributed by atoms with van der Waals surface area (Å²) in [5.41, 5.74) is 1.10. The van der Waals surface area contributed by atoms with Crippen LogP contribution in [0.2, 0.25) is 0 Å². The van der Waals surface area contributed by atoms with Gasteiger partial charge in [-0.25, -0.2) is 13.1 Å². The lowest BCUT2D eigenvalue weighted by Gasteiger charge is -2.23. The summed E-state index contributed by atoms with van der Waals surface area (Å²) in [4.78, 5) is 0.397. The van der Waals surface area contributed by atoms with Gasteiger partial charge in [0, 0.05) is 11.4 Å². The molecule has 1 saturated carbocycles. The molecule has 0 heterocycles. The Morgan fingerprint density at radius 2 is 1.62 bits per heavy atom. The highest BCUT2D eigenvalue weighted by Gasteiger charge is 2.23. The number of benzene rings is 2. The molecule has 0 spiro atoms. The van der Waals surface area contributed by atoms with Gasteiger partial charge < -0.3 is 0 Å². The first-order valence-corrected chi connectivity index (χ1v) is 9.07. The zero-order chi connectivity index (χ0) is 14.9. The molecule has 3 nitrogen and oxygen atoms in total. The zero-order valence-corrected chi connectivity index (χ0v) is 13.1. The van der Waals surface area contributed by atoms with Gasteiger partial charge in [-0.05, 0) is 36.8 Å². The number of aryl methyl sites for hydroxylation is 1. The van der Waals surface area contributed by atoms with E-state index >= 15 is 0 Å². The third-order valence-electron chi connectivity index (χ3n) is 4.32. The minimum Gasteiger partial charge on any atom is -0.208 e. The van der Waals surface area contributed by atoms with Crippen molar-refractivity contribution < 1.29 is 8.42 Å². The van der Waals surface area contributed by atoms with Crippen molar-refractivity contribution >= 4 is 20.8 Å². The molecule has 0 bridgehead atoms. The highest BCUT2D eigenvalue weighted by molar-refractivity contribution is 7.89. The van der Waals surface area contributed by atoms with Crippen LogP contribution >= 0.6 is 0 Å². The van der Waals surface area contributed by atoms with E-state index < -0.39 is 10.0 Å². The first-order chi connectivity index (χ1) is 10.1. The minimum atomic E-state index is -3.45. The monoisotopic (exact) mass is 303 g/mol. The predicted octanol–water partition coefficient (Wildman–Crippen LogP) is 3.76. The van der Waals surface area contributed by atoms with E-state index in [0.29, 0.717) is 4.90 Å². The second-order valence-electron chi connectivity index (χ2n) is 5.88. The van der Waals surface area contributed by atoms with Crippen LogP contribution in [0.25, 0.3) is 10.8 Å². The van der Waals surface area contributed by atoms with Crippen LogP contribution in [-0.2, 0) is 10.0 Å². The van der Waals surface area contributed by atoms with Crippen LogP contribution in [-0.4, -0.2) is 14.5 Å². The number of sulfonamides is 1. The van der Waals surface area contributed by atoms with E-state index in [1.54, 1.807) is 6.07 Å². The van der Waals surface area contributed by atoms with Crippen molar-refractivity contribution in [3.63, 3.8) is 0 Å². The highest BCUT2D eigenvalue weighted by Crippen LogP contribution is 2.27. The minimum absolute atomic E-state index is 0.0869. The van der Waals surface area contributed by atoms with Crippen molar-refractivity contribution in [3.05, 3.63) is 42.0 Å². The summed E-state index contributed by atoms with van der Waals surface area (Å²) in [5.74, 6) is 0. The fourth-order valence-corrected chi connectivity index (χ4v) is 4.68. The number of nitrogens with one attached hydrogen (secondary N) is 1. The SMILES string of the molecule is Cc1ccc(S(=O)(=O)NC2CCCCC2)c2ccccc12. The topological polar surface area (TPSA) is 46.2 Å². The number of hydrogen-bond donors (Lipinski definition) is 1. The fourth-order valence-electron chi connectivity index (χ4n) is 3.16. The maximum absolute atomic E-state index is 12.7. The Morgan fingerprint density at radius 3 is 2.33 bits per heavy atom. The Morgan fingerprint density at radius 1 is 0.952 bits per heavy atom. The highest BCUT2D eigenvalue weighted by atomic mass is 32.2. The van der Waals surface area contributed by atoms with Gasteiger partial charge in [0.15, 0.2) is 0 Å². The van der Waals surface area contributed by atoms with Crippen LogP contribution in [0.1, 0.15) is 37.7 Å². The van der Waals surface area contributed by atoms with Gasteiger partial charge in [-0.1, -0.05) is 49.6 Å². The van der Waals surface area contributed by atoms with Crippen LogP contribution < -0.4 is 4.72 Å². The van der Waals surface area contributed by atoms with E-state index in [4.69, 9.17) is 0 Å². The summed E-state index contributed by atoms with van der Waals surface area (Å²) in [5, 5.41) is 1.81. The summed E-state index contributed by atoms with van der Waals surface area (Å²) >= 11 is 0. The maximum atomic E-state index is 12.7. The molecule has 1 N–H and O–H groups in total. The van der Waals surface area contributed by atoms with Crippen LogP contribution in [0, 0.1) is 6.92 Å². The molecule has 0 aromatic heterocycles. The standard InChI is InChI=1S/C17H21NO2S/c1-13-11-12-17(16-10-6-5-9-15(13)16)21(19,20)18-14-7-3-2-4-8-14/h5-6,9-12,14,18H,2-4,7-8H2,1H3. The van der Waals surface area contributed by atoms with Gasteiger partial charge in [-0.15, -0.1) is 0 Å². The summed E-state index contributed by atoms with van der Waals surface area (Å²) in [6, 6.07) is 11.4. The largest absolute Gasteiger partial charge is 0.241 e. The van der Waals surface area contributed by atoms with Crippen LogP contribution in [0.5, 0.6) is 0 Å². The Bertz CT molecular complexity index is 746. The number of fused-ring (bicyclic) bond motifs is 1. The molecule has 0 saturated heterocycles. The Kier molecular flexibility index (Phi) is 4.00. The van der Waals surface area contributed by atoms with Gasteiger partial charge in [-0.3, -0.25) is 0 Å². The second kappa shape index (κ2) is 5.78. The summed E-state index contributed by atoms with van der Waals surface area (Å²) < 4.78 is 28.3. The quantitative estimate of drug-likeness (QED) is 0.938. The average molecular weight is 303 g/mol. The third-order valence-corrected chi connectivity index (χ3v) is 5.90. The number of hydrogen-bond acceptors (Lipinski definition) is 2. The van der Waals surface area contributed by atoms with Crippen LogP contribution in [0.3, 0.4) is 0 Å². The van der Waals surface area contributed by atoms with Crippen molar-refractivity contribution in [3.8, 4) is 0 Å². The van der Waals surface area contributed by atoms with E-state index in [9.17, 15) is 8.42 Å². The Balaban J connectivity index is 2.00. The van der Waals surface area contributed by atoms with E-state index in [1.807, 2.05) is 37.3 Å². The van der Waals surface area contributed by atoms with Crippen molar-refractivity contribution in [2.24, 2.45) is 0 Å². The zero-order valence-electron chi connectivity index (χ0n) is 12.3. The van der Waals surface area contributed by atoms with Crippen molar-refractivity contribution in [2.45, 2.75) is 50.0 Å². The van der Waals surface area contributed by atoms with Crippen molar-refractivity contribution in [1.82, 2.24) is 4.72 Å². The lowest BCUT2D eigenvalue weighted by Crippen LogP contribution is -2.36. The molecule has 2 aromatic rings. The molecular weight excluding hydrogens is 282 g/mol. The molecule has 0 aliphatic heterocycles. The van der Waals surface area contributed by atoms with Crippen molar-refractivity contribution in [1.29, 1.82) is 0 Å². The molecule has 3 rings (SSSR count). The van der Waals surface area contributed by atoms with Crippen LogP contribution in [0.15, 0.2) is 41.3 Å². The van der Waals surface area contributed by atoms with E-state index in [0.717, 1.165) is 42.0 Å². The molecule has 112 valence electrons. The normalized spacial score (nSPS) is 17.2. The van der Waals surface area contributed by atoms with Crippen molar-refractivity contribution in [2.75, 3.05) is 0 Å². The molecule has 1 aliphatic carbocycles. The second-order valence-corrected chi connectivity index (χ2v) is 7.56. The average Bonchev–Trinajstić information content (AvgIpc) is 2.48. The van der Waals surface area contributed by atoms with Gasteiger partial charge >= 0.3 is 0 Å². The molecule has 2 aromatic carbocycles. The van der Waals surface area contributed by atoms with Crippen LogP contribution in [0.4, 0.5) is 0 Å². The molecule has 4 heteroatoms. The van der Waals surface area contributed by atoms with Gasteiger partial charge in [0.1, 0.15) is 0 Å². The summed E-state index contributed by atoms with van der Waals surface area (Å²) in [6.45, 7) is 2.01. The Hall–Kier alpha value is -1.39. The molecule has 0 radical (unpaired) electrons. The summed E-state index contributed by atoms with van der Waals surface area (Å²) in [7, 11) is -3.45. The smallest absolute Gasteiger partial charge is 0.208 e. The molecular formula is C17H21NO2S. The van der Waals surface area contributed by atoms with Gasteiger partial charge in [0.25, 0.3) is 0 Å². The lowest BCUT2D eigenvalue weighted by molar-refractivity contribution is 0.412. The van der Waals surface area contributed by atoms with E-state index in [2.05, 4.69) is 4.72 Å². The summed E-state index contributed by atoms with van der Waals surface area (Å²) in [6.07, 6.45) is 5.33. The van der Waals surface area contributed by atoms with Gasteiger partial charge in [0.2, 0.25) is 10.0 Å². The van der Waals surface area contributed by atoms with Gasteiger partial charge in [-0.2, -0.15) is 0 Å².